The summed E-state index contributed by atoms with van der Waals surface area (Å²) in [5.41, 5.74) is 7.64. The number of aryl methyl sites for hydroxylation is 1. The van der Waals surface area contributed by atoms with Gasteiger partial charge in [0.1, 0.15) is 11.9 Å². The Balaban J connectivity index is 1.79. The topological polar surface area (TPSA) is 84.0 Å². The van der Waals surface area contributed by atoms with E-state index in [0.717, 1.165) is 25.1 Å². The summed E-state index contributed by atoms with van der Waals surface area (Å²) in [4.78, 5) is 4.39. The summed E-state index contributed by atoms with van der Waals surface area (Å²) in [5.74, 6) is 1.07. The normalized spacial score (nSPS) is 32.9. The highest BCUT2D eigenvalue weighted by atomic mass is 16.5. The zero-order valence-electron chi connectivity index (χ0n) is 11.0. The fourth-order valence-electron chi connectivity index (χ4n) is 3.04. The molecule has 1 saturated carbocycles. The monoisotopic (exact) mass is 258 g/mol. The Bertz CT molecular complexity index is 525. The lowest BCUT2D eigenvalue weighted by molar-refractivity contribution is -0.104. The smallest absolute Gasteiger partial charge is 0.144 e. The predicted molar refractivity (Wildman–Crippen MR) is 71.5 cm³/mol. The van der Waals surface area contributed by atoms with E-state index >= 15 is 0 Å². The lowest BCUT2D eigenvalue weighted by atomic mass is 9.68. The number of fused-ring (bicyclic) bond motifs is 1. The molecule has 1 aromatic heterocycles. The lowest BCUT2D eigenvalue weighted by Gasteiger charge is -2.52. The maximum atomic E-state index is 9.12. The molecule has 0 aromatic carbocycles. The van der Waals surface area contributed by atoms with Crippen LogP contribution in [0.25, 0.3) is 0 Å². The molecule has 4 unspecified atom stereocenters. The number of nitrogens with one attached hydrogen (secondary N) is 1. The van der Waals surface area contributed by atoms with Crippen LogP contribution in [0.3, 0.4) is 0 Å². The van der Waals surface area contributed by atoms with Crippen molar-refractivity contribution in [2.45, 2.75) is 38.0 Å². The standard InChI is InChI=1S/C14H18N4O/c1-8-4-5-9(7-15)14(17-8)18-12-11(16)10-3-2-6-19-13(10)12/h4-5,10-13H,2-3,6,16H2,1H3,(H,17,18). The van der Waals surface area contributed by atoms with Gasteiger partial charge in [-0.25, -0.2) is 4.98 Å². The van der Waals surface area contributed by atoms with Gasteiger partial charge in [-0.3, -0.25) is 0 Å². The van der Waals surface area contributed by atoms with Gasteiger partial charge in [-0.2, -0.15) is 5.26 Å². The first-order valence-corrected chi connectivity index (χ1v) is 6.72. The summed E-state index contributed by atoms with van der Waals surface area (Å²) >= 11 is 0. The van der Waals surface area contributed by atoms with Crippen molar-refractivity contribution in [3.05, 3.63) is 23.4 Å². The second-order valence-electron chi connectivity index (χ2n) is 5.35. The number of nitrogens with two attached hydrogens (primary N) is 1. The van der Waals surface area contributed by atoms with Crippen LogP contribution in [0.5, 0.6) is 0 Å². The van der Waals surface area contributed by atoms with Gasteiger partial charge in [-0.05, 0) is 31.9 Å². The summed E-state index contributed by atoms with van der Waals surface area (Å²) in [6.07, 6.45) is 2.39. The van der Waals surface area contributed by atoms with Crippen molar-refractivity contribution in [3.63, 3.8) is 0 Å². The van der Waals surface area contributed by atoms with E-state index in [1.807, 2.05) is 13.0 Å². The average molecular weight is 258 g/mol. The molecule has 3 N–H and O–H groups in total. The van der Waals surface area contributed by atoms with Crippen LogP contribution in [0.1, 0.15) is 24.1 Å². The Hall–Kier alpha value is -1.64. The highest BCUT2D eigenvalue weighted by molar-refractivity contribution is 5.53. The van der Waals surface area contributed by atoms with Crippen LogP contribution in [0.2, 0.25) is 0 Å². The minimum Gasteiger partial charge on any atom is -0.376 e. The van der Waals surface area contributed by atoms with E-state index in [-0.39, 0.29) is 18.2 Å². The first-order valence-electron chi connectivity index (χ1n) is 6.72. The highest BCUT2D eigenvalue weighted by Gasteiger charge is 2.50. The van der Waals surface area contributed by atoms with Crippen molar-refractivity contribution in [2.24, 2.45) is 11.7 Å². The summed E-state index contributed by atoms with van der Waals surface area (Å²) in [7, 11) is 0. The summed E-state index contributed by atoms with van der Waals surface area (Å²) in [5, 5.41) is 12.4. The number of rotatable bonds is 2. The molecule has 2 fully saturated rings. The molecule has 19 heavy (non-hydrogen) atoms. The van der Waals surface area contributed by atoms with Crippen molar-refractivity contribution >= 4 is 5.82 Å². The average Bonchev–Trinajstić information content (AvgIpc) is 2.44. The lowest BCUT2D eigenvalue weighted by Crippen LogP contribution is -2.69. The van der Waals surface area contributed by atoms with Crippen LogP contribution >= 0.6 is 0 Å². The van der Waals surface area contributed by atoms with Gasteiger partial charge in [0.15, 0.2) is 0 Å². The number of anilines is 1. The van der Waals surface area contributed by atoms with E-state index in [1.54, 1.807) is 6.07 Å². The van der Waals surface area contributed by atoms with Crippen LogP contribution in [0.4, 0.5) is 5.82 Å². The second-order valence-corrected chi connectivity index (χ2v) is 5.35. The van der Waals surface area contributed by atoms with E-state index in [1.165, 1.54) is 0 Å². The van der Waals surface area contributed by atoms with E-state index in [2.05, 4.69) is 16.4 Å². The Morgan fingerprint density at radius 1 is 1.53 bits per heavy atom. The Labute approximate surface area is 112 Å². The van der Waals surface area contributed by atoms with Crippen LogP contribution in [0, 0.1) is 24.2 Å². The predicted octanol–water partition coefficient (Wildman–Crippen LogP) is 1.18. The molecule has 100 valence electrons. The zero-order valence-corrected chi connectivity index (χ0v) is 11.0. The third kappa shape index (κ3) is 2.07. The van der Waals surface area contributed by atoms with Crippen molar-refractivity contribution in [2.75, 3.05) is 11.9 Å². The first kappa shape index (κ1) is 12.4. The van der Waals surface area contributed by atoms with Crippen LogP contribution < -0.4 is 11.1 Å². The molecule has 0 bridgehead atoms. The van der Waals surface area contributed by atoms with Gasteiger partial charge in [-0.1, -0.05) is 0 Å². The van der Waals surface area contributed by atoms with Gasteiger partial charge in [-0.15, -0.1) is 0 Å². The summed E-state index contributed by atoms with van der Waals surface area (Å²) in [6.45, 7) is 2.71. The van der Waals surface area contributed by atoms with E-state index in [9.17, 15) is 0 Å². The molecule has 5 heteroatoms. The fraction of sp³-hybridized carbons (Fsp3) is 0.571. The second kappa shape index (κ2) is 4.80. The molecule has 3 rings (SSSR count). The largest absolute Gasteiger partial charge is 0.376 e. The third-order valence-electron chi connectivity index (χ3n) is 4.14. The quantitative estimate of drug-likeness (QED) is 0.832. The number of nitrogens with zero attached hydrogens (tertiary/aromatic N) is 2. The third-order valence-corrected chi connectivity index (χ3v) is 4.14. The van der Waals surface area contributed by atoms with E-state index in [0.29, 0.717) is 17.3 Å². The van der Waals surface area contributed by atoms with Crippen LogP contribution in [-0.2, 0) is 4.74 Å². The van der Waals surface area contributed by atoms with E-state index in [4.69, 9.17) is 15.7 Å². The molecule has 1 aliphatic carbocycles. The molecule has 0 spiro atoms. The maximum Gasteiger partial charge on any atom is 0.144 e. The van der Waals surface area contributed by atoms with Gasteiger partial charge >= 0.3 is 0 Å². The molecule has 4 atom stereocenters. The van der Waals surface area contributed by atoms with Crippen molar-refractivity contribution in [3.8, 4) is 6.07 Å². The first-order chi connectivity index (χ1) is 9.20. The van der Waals surface area contributed by atoms with Crippen molar-refractivity contribution in [1.82, 2.24) is 4.98 Å². The number of hydrogen-bond acceptors (Lipinski definition) is 5. The molecule has 0 radical (unpaired) electrons. The van der Waals surface area contributed by atoms with Crippen LogP contribution in [0.15, 0.2) is 12.1 Å². The van der Waals surface area contributed by atoms with Gasteiger partial charge in [0.2, 0.25) is 0 Å². The Morgan fingerprint density at radius 2 is 2.37 bits per heavy atom. The van der Waals surface area contributed by atoms with E-state index < -0.39 is 0 Å². The maximum absolute atomic E-state index is 9.12. The molecule has 2 heterocycles. The molecule has 5 nitrogen and oxygen atoms in total. The number of pyridine rings is 1. The van der Waals surface area contributed by atoms with Crippen LogP contribution in [-0.4, -0.2) is 29.8 Å². The number of hydrogen-bond donors (Lipinski definition) is 2. The molecule has 2 aliphatic rings. The fourth-order valence-corrected chi connectivity index (χ4v) is 3.04. The summed E-state index contributed by atoms with van der Waals surface area (Å²) in [6, 6.07) is 5.92. The minimum atomic E-state index is 0.0618. The molecule has 1 saturated heterocycles. The SMILES string of the molecule is Cc1ccc(C#N)c(NC2C(N)C3CCCOC32)n1. The molecular formula is C14H18N4O. The van der Waals surface area contributed by atoms with Gasteiger partial charge in [0.25, 0.3) is 0 Å². The molecule has 1 aromatic rings. The molecular weight excluding hydrogens is 240 g/mol. The summed E-state index contributed by atoms with van der Waals surface area (Å²) < 4.78 is 5.78. The Kier molecular flexibility index (Phi) is 3.13. The van der Waals surface area contributed by atoms with Gasteiger partial charge < -0.3 is 15.8 Å². The Morgan fingerprint density at radius 3 is 3.16 bits per heavy atom. The number of aromatic nitrogens is 1. The highest BCUT2D eigenvalue weighted by Crippen LogP contribution is 2.38. The molecule has 1 aliphatic heterocycles. The number of ether oxygens (including phenoxy) is 1. The number of nitriles is 1. The zero-order chi connectivity index (χ0) is 13.4. The van der Waals surface area contributed by atoms with Gasteiger partial charge in [0, 0.05) is 24.3 Å². The van der Waals surface area contributed by atoms with Gasteiger partial charge in [0.05, 0.1) is 17.7 Å². The van der Waals surface area contributed by atoms with Crippen molar-refractivity contribution < 1.29 is 4.74 Å². The minimum absolute atomic E-state index is 0.0618. The van der Waals surface area contributed by atoms with Crippen molar-refractivity contribution in [1.29, 1.82) is 5.26 Å². The molecule has 0 amide bonds.